The largest absolute Gasteiger partial charge is 0.419 e. The maximum absolute atomic E-state index is 13.4. The lowest BCUT2D eigenvalue weighted by Crippen LogP contribution is -1.95. The Morgan fingerprint density at radius 2 is 2.24 bits per heavy atom. The first-order valence-electron chi connectivity index (χ1n) is 4.17. The van der Waals surface area contributed by atoms with Gasteiger partial charge in [0, 0.05) is 6.07 Å². The van der Waals surface area contributed by atoms with E-state index in [0.29, 0.717) is 3.92 Å². The lowest BCUT2D eigenvalue weighted by molar-refractivity contribution is -0.385. The van der Waals surface area contributed by atoms with Crippen LogP contribution in [0.2, 0.25) is 0 Å². The van der Waals surface area contributed by atoms with E-state index < -0.39 is 22.2 Å². The number of para-hydroxylation sites is 1. The smallest absolute Gasteiger partial charge is 0.314 e. The van der Waals surface area contributed by atoms with Gasteiger partial charge in [0.2, 0.25) is 5.75 Å². The first kappa shape index (κ1) is 11.9. The van der Waals surface area contributed by atoms with Gasteiger partial charge in [-0.15, -0.1) is 5.10 Å². The second kappa shape index (κ2) is 4.72. The van der Waals surface area contributed by atoms with Crippen molar-refractivity contribution in [2.24, 2.45) is 0 Å². The highest BCUT2D eigenvalue weighted by Gasteiger charge is 2.21. The van der Waals surface area contributed by atoms with Crippen molar-refractivity contribution in [3.8, 4) is 10.9 Å². The van der Waals surface area contributed by atoms with Crippen LogP contribution in [0, 0.1) is 15.9 Å². The maximum atomic E-state index is 13.4. The molecule has 0 unspecified atom stereocenters. The SMILES string of the molecule is O=[N+]([O-])c1cccc(F)c1Oc1nnc(Br)s1. The minimum absolute atomic E-state index is 0.0186. The summed E-state index contributed by atoms with van der Waals surface area (Å²) in [4.78, 5) is 9.96. The molecule has 0 spiro atoms. The third-order valence-electron chi connectivity index (χ3n) is 1.71. The van der Waals surface area contributed by atoms with E-state index in [4.69, 9.17) is 4.74 Å². The Balaban J connectivity index is 2.40. The summed E-state index contributed by atoms with van der Waals surface area (Å²) in [5.41, 5.74) is -0.462. The van der Waals surface area contributed by atoms with Crippen LogP contribution in [-0.4, -0.2) is 15.1 Å². The molecule has 17 heavy (non-hydrogen) atoms. The second-order valence-corrected chi connectivity index (χ2v) is 4.98. The minimum atomic E-state index is -0.828. The summed E-state index contributed by atoms with van der Waals surface area (Å²) in [5, 5.41) is 17.9. The molecule has 0 amide bonds. The Bertz CT molecular complexity index is 577. The van der Waals surface area contributed by atoms with Crippen molar-refractivity contribution in [2.75, 3.05) is 0 Å². The Labute approximate surface area is 106 Å². The number of hydrogen-bond acceptors (Lipinski definition) is 6. The number of nitrogens with zero attached hydrogens (tertiary/aromatic N) is 3. The summed E-state index contributed by atoms with van der Waals surface area (Å²) >= 11 is 4.04. The standard InChI is InChI=1S/C8H3BrFN3O3S/c9-7-11-12-8(17-7)16-6-4(10)2-1-3-5(6)13(14)15/h1-3H. The number of halogens is 2. The van der Waals surface area contributed by atoms with Crippen molar-refractivity contribution in [2.45, 2.75) is 0 Å². The van der Waals surface area contributed by atoms with Crippen LogP contribution in [-0.2, 0) is 0 Å². The highest BCUT2D eigenvalue weighted by Crippen LogP contribution is 2.35. The summed E-state index contributed by atoms with van der Waals surface area (Å²) in [7, 11) is 0. The van der Waals surface area contributed by atoms with Crippen LogP contribution in [0.3, 0.4) is 0 Å². The van der Waals surface area contributed by atoms with E-state index in [0.717, 1.165) is 23.5 Å². The Morgan fingerprint density at radius 1 is 1.47 bits per heavy atom. The summed E-state index contributed by atoms with van der Waals surface area (Å²) < 4.78 is 18.9. The highest BCUT2D eigenvalue weighted by atomic mass is 79.9. The molecule has 9 heteroatoms. The zero-order chi connectivity index (χ0) is 12.4. The van der Waals surface area contributed by atoms with E-state index in [9.17, 15) is 14.5 Å². The van der Waals surface area contributed by atoms with Crippen LogP contribution in [0.25, 0.3) is 0 Å². The van der Waals surface area contributed by atoms with Gasteiger partial charge in [0.15, 0.2) is 9.73 Å². The van der Waals surface area contributed by atoms with Crippen LogP contribution in [0.1, 0.15) is 0 Å². The molecule has 1 aromatic carbocycles. The zero-order valence-corrected chi connectivity index (χ0v) is 10.4. The number of hydrogen-bond donors (Lipinski definition) is 0. The highest BCUT2D eigenvalue weighted by molar-refractivity contribution is 9.11. The predicted molar refractivity (Wildman–Crippen MR) is 60.7 cm³/mol. The van der Waals surface area contributed by atoms with Crippen molar-refractivity contribution in [1.29, 1.82) is 0 Å². The fraction of sp³-hybridized carbons (Fsp3) is 0. The fourth-order valence-corrected chi connectivity index (χ4v) is 1.99. The van der Waals surface area contributed by atoms with Crippen LogP contribution in [0.4, 0.5) is 10.1 Å². The van der Waals surface area contributed by atoms with Gasteiger partial charge in [-0.2, -0.15) is 0 Å². The van der Waals surface area contributed by atoms with E-state index in [2.05, 4.69) is 26.1 Å². The van der Waals surface area contributed by atoms with E-state index >= 15 is 0 Å². The Kier molecular flexibility index (Phi) is 3.29. The summed E-state index contributed by atoms with van der Waals surface area (Å²) in [6.07, 6.45) is 0. The van der Waals surface area contributed by atoms with Crippen LogP contribution >= 0.6 is 27.3 Å². The van der Waals surface area contributed by atoms with Crippen molar-refractivity contribution >= 4 is 33.0 Å². The van der Waals surface area contributed by atoms with E-state index in [1.54, 1.807) is 0 Å². The zero-order valence-electron chi connectivity index (χ0n) is 7.96. The van der Waals surface area contributed by atoms with Gasteiger partial charge in [0.1, 0.15) is 0 Å². The van der Waals surface area contributed by atoms with Crippen LogP contribution in [0.5, 0.6) is 10.9 Å². The lowest BCUT2D eigenvalue weighted by atomic mass is 10.3. The molecular formula is C8H3BrFN3O3S. The molecule has 2 aromatic rings. The fourth-order valence-electron chi connectivity index (χ4n) is 1.06. The number of nitro benzene ring substituents is 1. The van der Waals surface area contributed by atoms with Gasteiger partial charge >= 0.3 is 10.9 Å². The lowest BCUT2D eigenvalue weighted by Gasteiger charge is -2.02. The molecule has 2 rings (SSSR count). The molecule has 0 saturated heterocycles. The maximum Gasteiger partial charge on any atom is 0.314 e. The molecule has 0 aliphatic heterocycles. The molecule has 0 bridgehead atoms. The van der Waals surface area contributed by atoms with E-state index in [1.807, 2.05) is 0 Å². The third kappa shape index (κ3) is 2.56. The van der Waals surface area contributed by atoms with Gasteiger partial charge in [-0.3, -0.25) is 10.1 Å². The molecule has 0 aliphatic rings. The number of nitro groups is 1. The minimum Gasteiger partial charge on any atom is -0.419 e. The molecule has 0 saturated carbocycles. The monoisotopic (exact) mass is 319 g/mol. The topological polar surface area (TPSA) is 78.2 Å². The van der Waals surface area contributed by atoms with Gasteiger partial charge in [0.25, 0.3) is 0 Å². The number of aromatic nitrogens is 2. The Morgan fingerprint density at radius 3 is 2.82 bits per heavy atom. The molecule has 1 aromatic heterocycles. The average molecular weight is 320 g/mol. The second-order valence-electron chi connectivity index (χ2n) is 2.77. The molecular weight excluding hydrogens is 317 g/mol. The summed E-state index contributed by atoms with van der Waals surface area (Å²) in [5.74, 6) is -1.30. The third-order valence-corrected chi connectivity index (χ3v) is 2.95. The normalized spacial score (nSPS) is 10.2. The Hall–Kier alpha value is -1.61. The number of benzene rings is 1. The van der Waals surface area contributed by atoms with Gasteiger partial charge in [0.05, 0.1) is 4.92 Å². The van der Waals surface area contributed by atoms with Gasteiger partial charge in [-0.25, -0.2) is 4.39 Å². The van der Waals surface area contributed by atoms with Gasteiger partial charge in [-0.1, -0.05) is 11.2 Å². The molecule has 88 valence electrons. The molecule has 0 N–H and O–H groups in total. The average Bonchev–Trinajstić information content (AvgIpc) is 2.67. The van der Waals surface area contributed by atoms with E-state index in [-0.39, 0.29) is 5.19 Å². The summed E-state index contributed by atoms with van der Waals surface area (Å²) in [6, 6.07) is 3.45. The number of ether oxygens (including phenoxy) is 1. The number of rotatable bonds is 3. The molecule has 0 aliphatic carbocycles. The van der Waals surface area contributed by atoms with Crippen molar-refractivity contribution in [1.82, 2.24) is 10.2 Å². The molecule has 0 radical (unpaired) electrons. The first-order valence-corrected chi connectivity index (χ1v) is 5.78. The van der Waals surface area contributed by atoms with Crippen molar-refractivity contribution in [3.05, 3.63) is 38.0 Å². The van der Waals surface area contributed by atoms with E-state index in [1.165, 1.54) is 6.07 Å². The predicted octanol–water partition coefficient (Wildman–Crippen LogP) is 3.14. The molecule has 0 atom stereocenters. The van der Waals surface area contributed by atoms with Crippen molar-refractivity contribution in [3.63, 3.8) is 0 Å². The summed E-state index contributed by atoms with van der Waals surface area (Å²) in [6.45, 7) is 0. The van der Waals surface area contributed by atoms with Crippen LogP contribution < -0.4 is 4.74 Å². The molecule has 1 heterocycles. The van der Waals surface area contributed by atoms with Gasteiger partial charge < -0.3 is 4.74 Å². The quantitative estimate of drug-likeness (QED) is 0.641. The first-order chi connectivity index (χ1) is 8.08. The van der Waals surface area contributed by atoms with Gasteiger partial charge in [-0.05, 0) is 33.3 Å². The molecule has 0 fully saturated rings. The van der Waals surface area contributed by atoms with Crippen molar-refractivity contribution < 1.29 is 14.1 Å². The van der Waals surface area contributed by atoms with Crippen LogP contribution in [0.15, 0.2) is 22.1 Å². The molecule has 6 nitrogen and oxygen atoms in total.